The van der Waals surface area contributed by atoms with E-state index in [9.17, 15) is 0 Å². The Labute approximate surface area is 71.4 Å². The van der Waals surface area contributed by atoms with Crippen LogP contribution in [0.25, 0.3) is 0 Å². The molecule has 11 heavy (non-hydrogen) atoms. The van der Waals surface area contributed by atoms with Gasteiger partial charge in [0, 0.05) is 6.42 Å². The van der Waals surface area contributed by atoms with Crippen molar-refractivity contribution < 1.29 is 0 Å². The first-order valence-electron chi connectivity index (χ1n) is 4.41. The van der Waals surface area contributed by atoms with Crippen LogP contribution in [0.15, 0.2) is 0 Å². The smallest absolute Gasteiger partial charge is 0.00911 e. The van der Waals surface area contributed by atoms with Crippen LogP contribution in [-0.4, -0.2) is 0 Å². The molecule has 0 rings (SSSR count). The van der Waals surface area contributed by atoms with E-state index in [0.717, 1.165) is 18.8 Å². The molecule has 0 spiro atoms. The number of hydrogen-bond donors (Lipinski definition) is 0. The molecule has 0 heteroatoms. The molecule has 64 valence electrons. The maximum absolute atomic E-state index is 5.22. The lowest BCUT2D eigenvalue weighted by atomic mass is 9.80. The van der Waals surface area contributed by atoms with Crippen LogP contribution in [0.3, 0.4) is 0 Å². The Morgan fingerprint density at radius 2 is 1.91 bits per heavy atom. The molecule has 0 aliphatic carbocycles. The van der Waals surface area contributed by atoms with Gasteiger partial charge in [-0.05, 0) is 24.2 Å². The molecule has 0 nitrogen and oxygen atoms in total. The molecular weight excluding hydrogens is 132 g/mol. The Balaban J connectivity index is 3.72. The van der Waals surface area contributed by atoms with Gasteiger partial charge in [0.25, 0.3) is 0 Å². The van der Waals surface area contributed by atoms with E-state index < -0.39 is 0 Å². The van der Waals surface area contributed by atoms with Crippen LogP contribution < -0.4 is 0 Å². The van der Waals surface area contributed by atoms with Crippen LogP contribution in [0, 0.1) is 23.7 Å². The molecule has 0 saturated carbocycles. The van der Waals surface area contributed by atoms with Gasteiger partial charge in [-0.1, -0.05) is 27.7 Å². The highest BCUT2D eigenvalue weighted by Gasteiger charge is 2.17. The van der Waals surface area contributed by atoms with E-state index in [1.807, 2.05) is 0 Å². The zero-order valence-corrected chi connectivity index (χ0v) is 8.28. The van der Waals surface area contributed by atoms with Gasteiger partial charge < -0.3 is 0 Å². The molecule has 0 bridgehead atoms. The van der Waals surface area contributed by atoms with Gasteiger partial charge in [-0.15, -0.1) is 12.3 Å². The summed E-state index contributed by atoms with van der Waals surface area (Å²) in [4.78, 5) is 0. The Kier molecular flexibility index (Phi) is 4.26. The summed E-state index contributed by atoms with van der Waals surface area (Å²) in [5.41, 5.74) is 0.431. The lowest BCUT2D eigenvalue weighted by molar-refractivity contribution is 0.269. The second-order valence-electron chi connectivity index (χ2n) is 4.47. The molecule has 0 aromatic carbocycles. The maximum atomic E-state index is 5.22. The van der Waals surface area contributed by atoms with Crippen molar-refractivity contribution in [1.29, 1.82) is 0 Å². The van der Waals surface area contributed by atoms with Gasteiger partial charge in [0.1, 0.15) is 0 Å². The number of rotatable bonds is 4. The maximum Gasteiger partial charge on any atom is 0.00911 e. The van der Waals surface area contributed by atoms with Crippen LogP contribution in [0.5, 0.6) is 0 Å². The van der Waals surface area contributed by atoms with E-state index in [-0.39, 0.29) is 0 Å². The lowest BCUT2D eigenvalue weighted by Crippen LogP contribution is -2.13. The van der Waals surface area contributed by atoms with E-state index in [1.54, 1.807) is 0 Å². The fraction of sp³-hybridized carbons (Fsp3) is 0.818. The average molecular weight is 152 g/mol. The normalized spacial score (nSPS) is 11.6. The second kappa shape index (κ2) is 4.44. The fourth-order valence-corrected chi connectivity index (χ4v) is 1.62. The molecule has 0 amide bonds. The molecular formula is C11H20. The van der Waals surface area contributed by atoms with Crippen LogP contribution in [0.2, 0.25) is 0 Å². The average Bonchev–Trinajstić information content (AvgIpc) is 1.81. The van der Waals surface area contributed by atoms with Crippen molar-refractivity contribution in [3.63, 3.8) is 0 Å². The highest BCUT2D eigenvalue weighted by molar-refractivity contribution is 4.86. The molecule has 0 unspecified atom stereocenters. The Bertz CT molecular complexity index is 135. The molecule has 0 saturated heterocycles. The summed E-state index contributed by atoms with van der Waals surface area (Å²) >= 11 is 0. The van der Waals surface area contributed by atoms with Crippen molar-refractivity contribution in [2.45, 2.75) is 47.0 Å². The molecule has 0 heterocycles. The number of hydrogen-bond acceptors (Lipinski definition) is 0. The van der Waals surface area contributed by atoms with Crippen molar-refractivity contribution in [2.24, 2.45) is 11.3 Å². The van der Waals surface area contributed by atoms with Crippen molar-refractivity contribution in [3.8, 4) is 12.3 Å². The summed E-state index contributed by atoms with van der Waals surface area (Å²) < 4.78 is 0. The first kappa shape index (κ1) is 10.6. The van der Waals surface area contributed by atoms with Gasteiger partial charge in [0.05, 0.1) is 0 Å². The van der Waals surface area contributed by atoms with Crippen LogP contribution >= 0.6 is 0 Å². The van der Waals surface area contributed by atoms with Crippen molar-refractivity contribution in [3.05, 3.63) is 0 Å². The summed E-state index contributed by atoms with van der Waals surface area (Å²) in [6.07, 6.45) is 8.56. The van der Waals surface area contributed by atoms with Crippen LogP contribution in [-0.2, 0) is 0 Å². The SMILES string of the molecule is C#CCCC(C)(C)CC(C)C. The van der Waals surface area contributed by atoms with E-state index in [0.29, 0.717) is 5.41 Å². The van der Waals surface area contributed by atoms with E-state index in [2.05, 4.69) is 33.6 Å². The molecule has 0 atom stereocenters. The van der Waals surface area contributed by atoms with Crippen molar-refractivity contribution >= 4 is 0 Å². The minimum absolute atomic E-state index is 0.431. The summed E-state index contributed by atoms with van der Waals surface area (Å²) in [7, 11) is 0. The molecule has 0 radical (unpaired) electrons. The van der Waals surface area contributed by atoms with Gasteiger partial charge in [-0.25, -0.2) is 0 Å². The molecule has 0 fully saturated rings. The first-order valence-corrected chi connectivity index (χ1v) is 4.41. The second-order valence-corrected chi connectivity index (χ2v) is 4.47. The van der Waals surface area contributed by atoms with Crippen LogP contribution in [0.1, 0.15) is 47.0 Å². The fourth-order valence-electron chi connectivity index (χ4n) is 1.62. The monoisotopic (exact) mass is 152 g/mol. The van der Waals surface area contributed by atoms with Crippen molar-refractivity contribution in [1.82, 2.24) is 0 Å². The third-order valence-corrected chi connectivity index (χ3v) is 1.91. The predicted octanol–water partition coefficient (Wildman–Crippen LogP) is 3.47. The zero-order valence-electron chi connectivity index (χ0n) is 8.28. The van der Waals surface area contributed by atoms with E-state index in [4.69, 9.17) is 6.42 Å². The highest BCUT2D eigenvalue weighted by atomic mass is 14.2. The minimum Gasteiger partial charge on any atom is -0.120 e. The van der Waals surface area contributed by atoms with Crippen LogP contribution in [0.4, 0.5) is 0 Å². The highest BCUT2D eigenvalue weighted by Crippen LogP contribution is 2.29. The summed E-state index contributed by atoms with van der Waals surface area (Å²) in [5, 5.41) is 0. The summed E-state index contributed by atoms with van der Waals surface area (Å²) in [5.74, 6) is 3.48. The van der Waals surface area contributed by atoms with E-state index >= 15 is 0 Å². The number of terminal acetylenes is 1. The standard InChI is InChI=1S/C11H20/c1-6-7-8-11(4,5)9-10(2)3/h1,10H,7-9H2,2-5H3. The summed E-state index contributed by atoms with van der Waals surface area (Å²) in [6.45, 7) is 9.12. The molecule has 0 aromatic rings. The lowest BCUT2D eigenvalue weighted by Gasteiger charge is -2.25. The topological polar surface area (TPSA) is 0 Å². The minimum atomic E-state index is 0.431. The molecule has 0 aliphatic heterocycles. The predicted molar refractivity (Wildman–Crippen MR) is 51.3 cm³/mol. The molecule has 0 aliphatic rings. The van der Waals surface area contributed by atoms with Gasteiger partial charge in [0.2, 0.25) is 0 Å². The third-order valence-electron chi connectivity index (χ3n) is 1.91. The quantitative estimate of drug-likeness (QED) is 0.541. The molecule has 0 N–H and O–H groups in total. The van der Waals surface area contributed by atoms with Gasteiger partial charge in [-0.3, -0.25) is 0 Å². The third kappa shape index (κ3) is 5.98. The Morgan fingerprint density at radius 3 is 2.27 bits per heavy atom. The van der Waals surface area contributed by atoms with Gasteiger partial charge >= 0.3 is 0 Å². The molecule has 0 aromatic heterocycles. The van der Waals surface area contributed by atoms with Gasteiger partial charge in [0.15, 0.2) is 0 Å². The largest absolute Gasteiger partial charge is 0.120 e. The Hall–Kier alpha value is -0.440. The zero-order chi connectivity index (χ0) is 8.91. The Morgan fingerprint density at radius 1 is 1.36 bits per heavy atom. The van der Waals surface area contributed by atoms with Gasteiger partial charge in [-0.2, -0.15) is 0 Å². The summed E-state index contributed by atoms with van der Waals surface area (Å²) in [6, 6.07) is 0. The van der Waals surface area contributed by atoms with Crippen molar-refractivity contribution in [2.75, 3.05) is 0 Å². The van der Waals surface area contributed by atoms with E-state index in [1.165, 1.54) is 6.42 Å². The first-order chi connectivity index (χ1) is 4.98.